The Kier molecular flexibility index (Phi) is 6.00. The highest BCUT2D eigenvalue weighted by Crippen LogP contribution is 2.65. The fourth-order valence-corrected chi connectivity index (χ4v) is 11.7. The molecule has 8 nitrogen and oxygen atoms in total. The molecule has 0 aromatic heterocycles. The first-order chi connectivity index (χ1) is 21.3. The summed E-state index contributed by atoms with van der Waals surface area (Å²) >= 11 is 0. The summed E-state index contributed by atoms with van der Waals surface area (Å²) in [6, 6.07) is 9.66. The number of piperidine rings is 2. The minimum absolute atomic E-state index is 0.00625. The van der Waals surface area contributed by atoms with Gasteiger partial charge in [0.2, 0.25) is 0 Å². The summed E-state index contributed by atoms with van der Waals surface area (Å²) in [6.07, 6.45) is 7.38. The first-order valence-corrected chi connectivity index (χ1v) is 16.8. The van der Waals surface area contributed by atoms with Crippen LogP contribution in [0.1, 0.15) is 60.8 Å². The molecule has 4 heterocycles. The van der Waals surface area contributed by atoms with Gasteiger partial charge in [0.15, 0.2) is 23.0 Å². The Morgan fingerprint density at radius 2 is 1.11 bits per heavy atom. The molecule has 2 aromatic carbocycles. The van der Waals surface area contributed by atoms with Crippen LogP contribution in [0.15, 0.2) is 24.3 Å². The van der Waals surface area contributed by atoms with Gasteiger partial charge in [-0.1, -0.05) is 12.1 Å². The zero-order valence-electron chi connectivity index (χ0n) is 26.4. The predicted molar refractivity (Wildman–Crippen MR) is 165 cm³/mol. The van der Waals surface area contributed by atoms with Crippen LogP contribution in [0.2, 0.25) is 0 Å². The van der Waals surface area contributed by atoms with Gasteiger partial charge in [-0.25, -0.2) is 0 Å². The highest BCUT2D eigenvalue weighted by Gasteiger charge is 2.66. The molecular formula is C36H46N2O6. The monoisotopic (exact) mass is 602 g/mol. The molecule has 4 bridgehead atoms. The molecule has 44 heavy (non-hydrogen) atoms. The molecule has 0 amide bonds. The SMILES string of the molecule is COc1ccc2c3c1O[C@H]1[C@@H](O)CC[C@H]4[C@@H](C2)N(C)CC[C@@]341.COc1ccc2c3c1O[C@H]1[C@@H](O)CC[C@H]4[C@@H](C2)N(C)CC[C@@]341. The smallest absolute Gasteiger partial charge is 0.165 e. The van der Waals surface area contributed by atoms with E-state index in [1.807, 2.05) is 12.1 Å². The Labute approximate surface area is 260 Å². The largest absolute Gasteiger partial charge is 0.493 e. The first-order valence-electron chi connectivity index (χ1n) is 16.8. The molecule has 2 saturated carbocycles. The number of aliphatic hydroxyl groups excluding tert-OH is 2. The number of hydrogen-bond donors (Lipinski definition) is 2. The van der Waals surface area contributed by atoms with E-state index < -0.39 is 0 Å². The van der Waals surface area contributed by atoms with Crippen molar-refractivity contribution >= 4 is 0 Å². The number of nitrogens with zero attached hydrogens (tertiary/aromatic N) is 2. The summed E-state index contributed by atoms with van der Waals surface area (Å²) in [5.74, 6) is 4.68. The molecule has 8 aliphatic rings. The van der Waals surface area contributed by atoms with Gasteiger partial charge < -0.3 is 39.0 Å². The minimum atomic E-state index is -0.358. The number of benzene rings is 2. The maximum absolute atomic E-state index is 10.6. The highest BCUT2D eigenvalue weighted by molar-refractivity contribution is 5.62. The number of aliphatic hydroxyl groups is 2. The molecule has 2 saturated heterocycles. The van der Waals surface area contributed by atoms with E-state index in [2.05, 4.69) is 36.0 Å². The summed E-state index contributed by atoms with van der Waals surface area (Å²) in [5.41, 5.74) is 5.55. The van der Waals surface area contributed by atoms with Gasteiger partial charge in [0.05, 0.1) is 26.4 Å². The molecule has 4 fully saturated rings. The summed E-state index contributed by atoms with van der Waals surface area (Å²) in [4.78, 5) is 5.05. The number of methoxy groups -OCH3 is 2. The van der Waals surface area contributed by atoms with Crippen LogP contribution in [0, 0.1) is 11.8 Å². The van der Waals surface area contributed by atoms with Crippen LogP contribution in [-0.2, 0) is 23.7 Å². The van der Waals surface area contributed by atoms with Crippen molar-refractivity contribution in [2.45, 2.75) is 98.7 Å². The highest BCUT2D eigenvalue weighted by atomic mass is 16.5. The first kappa shape index (κ1) is 27.8. The number of likely N-dealkylation sites (N-methyl/N-ethyl adjacent to an activating group) is 2. The summed E-state index contributed by atoms with van der Waals surface area (Å²) in [7, 11) is 7.91. The lowest BCUT2D eigenvalue weighted by Crippen LogP contribution is -2.66. The zero-order valence-corrected chi connectivity index (χ0v) is 26.4. The van der Waals surface area contributed by atoms with Crippen LogP contribution in [-0.4, -0.2) is 97.9 Å². The van der Waals surface area contributed by atoms with Crippen molar-refractivity contribution in [3.8, 4) is 23.0 Å². The Morgan fingerprint density at radius 3 is 1.52 bits per heavy atom. The fourth-order valence-electron chi connectivity index (χ4n) is 11.7. The molecule has 0 unspecified atom stereocenters. The van der Waals surface area contributed by atoms with Gasteiger partial charge in [-0.05, 0) is 114 Å². The molecule has 2 spiro atoms. The molecule has 2 N–H and O–H groups in total. The lowest BCUT2D eigenvalue weighted by atomic mass is 9.51. The van der Waals surface area contributed by atoms with Crippen molar-refractivity contribution in [1.82, 2.24) is 9.80 Å². The normalized spacial score (nSPS) is 41.8. The van der Waals surface area contributed by atoms with Gasteiger partial charge in [0.1, 0.15) is 12.2 Å². The third-order valence-corrected chi connectivity index (χ3v) is 13.5. The second kappa shape index (κ2) is 9.50. The van der Waals surface area contributed by atoms with Crippen LogP contribution < -0.4 is 18.9 Å². The molecular weight excluding hydrogens is 556 g/mol. The lowest BCUT2D eigenvalue weighted by Gasteiger charge is -2.58. The topological polar surface area (TPSA) is 83.9 Å². The van der Waals surface area contributed by atoms with E-state index in [-0.39, 0.29) is 35.2 Å². The van der Waals surface area contributed by atoms with Crippen molar-refractivity contribution in [1.29, 1.82) is 0 Å². The summed E-state index contributed by atoms with van der Waals surface area (Å²) < 4.78 is 23.8. The molecule has 2 aromatic rings. The second-order valence-electron chi connectivity index (χ2n) is 14.9. The minimum Gasteiger partial charge on any atom is -0.493 e. The standard InChI is InChI=1S/2C18H23NO3/c2*1-19-8-7-18-11-4-5-13(20)17(18)22-16-14(21-2)6-3-10(15(16)18)9-12(11)19/h2*3,6,11-13,17,20H,4-5,7-9H2,1-2H3/t2*11-,12+,13-,17-,18-/m00/s1. The van der Waals surface area contributed by atoms with Gasteiger partial charge in [-0.3, -0.25) is 0 Å². The van der Waals surface area contributed by atoms with Crippen LogP contribution >= 0.6 is 0 Å². The number of hydrogen-bond acceptors (Lipinski definition) is 8. The van der Waals surface area contributed by atoms with E-state index in [4.69, 9.17) is 18.9 Å². The second-order valence-corrected chi connectivity index (χ2v) is 14.9. The lowest BCUT2D eigenvalue weighted by molar-refractivity contribution is -0.0993. The van der Waals surface area contributed by atoms with E-state index >= 15 is 0 Å². The van der Waals surface area contributed by atoms with Crippen LogP contribution in [0.5, 0.6) is 23.0 Å². The summed E-state index contributed by atoms with van der Waals surface area (Å²) in [5, 5.41) is 21.3. The predicted octanol–water partition coefficient (Wildman–Crippen LogP) is 3.45. The van der Waals surface area contributed by atoms with E-state index in [0.29, 0.717) is 23.9 Å². The molecule has 8 heteroatoms. The molecule has 236 valence electrons. The Balaban J connectivity index is 0.000000123. The number of likely N-dealkylation sites (tertiary alicyclic amines) is 2. The third kappa shape index (κ3) is 3.28. The molecule has 10 rings (SSSR count). The maximum Gasteiger partial charge on any atom is 0.165 e. The summed E-state index contributed by atoms with van der Waals surface area (Å²) in [6.45, 7) is 2.17. The van der Waals surface area contributed by atoms with Crippen molar-refractivity contribution in [3.63, 3.8) is 0 Å². The molecule has 10 atom stereocenters. The zero-order chi connectivity index (χ0) is 30.1. The van der Waals surface area contributed by atoms with Crippen molar-refractivity contribution in [3.05, 3.63) is 46.5 Å². The third-order valence-electron chi connectivity index (χ3n) is 13.5. The van der Waals surface area contributed by atoms with E-state index in [0.717, 1.165) is 87.5 Å². The van der Waals surface area contributed by atoms with Crippen LogP contribution in [0.4, 0.5) is 0 Å². The quantitative estimate of drug-likeness (QED) is 0.541. The van der Waals surface area contributed by atoms with Gasteiger partial charge in [0.25, 0.3) is 0 Å². The van der Waals surface area contributed by atoms with Crippen LogP contribution in [0.25, 0.3) is 0 Å². The average molecular weight is 603 g/mol. The van der Waals surface area contributed by atoms with Gasteiger partial charge in [-0.2, -0.15) is 0 Å². The average Bonchev–Trinajstić information content (AvgIpc) is 3.57. The fraction of sp³-hybridized carbons (Fsp3) is 0.667. The van der Waals surface area contributed by atoms with E-state index in [1.54, 1.807) is 14.2 Å². The molecule has 4 aliphatic carbocycles. The van der Waals surface area contributed by atoms with E-state index in [1.165, 1.54) is 22.3 Å². The van der Waals surface area contributed by atoms with Crippen molar-refractivity contribution in [2.75, 3.05) is 41.4 Å². The molecule has 0 radical (unpaired) electrons. The Hall–Kier alpha value is -2.52. The van der Waals surface area contributed by atoms with Crippen molar-refractivity contribution in [2.24, 2.45) is 11.8 Å². The van der Waals surface area contributed by atoms with E-state index in [9.17, 15) is 10.2 Å². The Morgan fingerprint density at radius 1 is 0.682 bits per heavy atom. The maximum atomic E-state index is 10.6. The molecule has 4 aliphatic heterocycles. The van der Waals surface area contributed by atoms with Crippen LogP contribution in [0.3, 0.4) is 0 Å². The van der Waals surface area contributed by atoms with Crippen molar-refractivity contribution < 1.29 is 29.2 Å². The Bertz CT molecular complexity index is 1400. The number of rotatable bonds is 2. The number of ether oxygens (including phenoxy) is 4. The van der Waals surface area contributed by atoms with Gasteiger partial charge in [-0.15, -0.1) is 0 Å². The van der Waals surface area contributed by atoms with Gasteiger partial charge >= 0.3 is 0 Å². The van der Waals surface area contributed by atoms with Gasteiger partial charge in [0, 0.05) is 34.0 Å².